The number of hydrogen-bond acceptors (Lipinski definition) is 7. The van der Waals surface area contributed by atoms with Crippen molar-refractivity contribution in [3.8, 4) is 11.5 Å². The number of thiazole rings is 1. The number of benzene rings is 3. The molecular weight excluding hydrogens is 464 g/mol. The molecule has 0 aliphatic carbocycles. The lowest BCUT2D eigenvalue weighted by atomic mass is 9.95. The Morgan fingerprint density at radius 2 is 1.74 bits per heavy atom. The molecule has 1 aliphatic heterocycles. The Morgan fingerprint density at radius 3 is 2.43 bits per heavy atom. The molecule has 1 fully saturated rings. The first-order valence-electron chi connectivity index (χ1n) is 11.1. The van der Waals surface area contributed by atoms with Gasteiger partial charge in [0.15, 0.2) is 5.13 Å². The number of aliphatic hydroxyl groups is 1. The zero-order valence-electron chi connectivity index (χ0n) is 19.1. The number of fused-ring (bicyclic) bond motifs is 1. The SMILES string of the molecule is CCOc1ccc2nc(N3C(=O)C(=O)C(=C(O)c4ccc(OC)cc4)[C@H]3c3ccccc3)sc2c1. The van der Waals surface area contributed by atoms with Gasteiger partial charge in [0, 0.05) is 5.56 Å². The number of Topliss-reactive ketones (excluding diaryl/α,β-unsaturated/α-hetero) is 1. The Hall–Kier alpha value is -4.17. The number of amides is 1. The van der Waals surface area contributed by atoms with E-state index in [2.05, 4.69) is 4.98 Å². The van der Waals surface area contributed by atoms with E-state index in [1.165, 1.54) is 16.2 Å². The Kier molecular flexibility index (Phi) is 5.96. The van der Waals surface area contributed by atoms with Gasteiger partial charge in [-0.15, -0.1) is 0 Å². The number of ether oxygens (including phenoxy) is 2. The second kappa shape index (κ2) is 9.23. The summed E-state index contributed by atoms with van der Waals surface area (Å²) in [7, 11) is 1.55. The van der Waals surface area contributed by atoms with E-state index in [0.29, 0.717) is 39.9 Å². The van der Waals surface area contributed by atoms with Gasteiger partial charge in [0.05, 0.1) is 35.5 Å². The molecule has 1 amide bonds. The molecule has 176 valence electrons. The van der Waals surface area contributed by atoms with Gasteiger partial charge in [-0.1, -0.05) is 41.7 Å². The minimum absolute atomic E-state index is 0.0145. The predicted octanol–water partition coefficient (Wildman–Crippen LogP) is 5.33. The summed E-state index contributed by atoms with van der Waals surface area (Å²) in [5, 5.41) is 11.6. The number of methoxy groups -OCH3 is 1. The second-order valence-corrected chi connectivity index (χ2v) is 8.88. The molecule has 8 heteroatoms. The van der Waals surface area contributed by atoms with E-state index in [9.17, 15) is 14.7 Å². The van der Waals surface area contributed by atoms with Crippen LogP contribution >= 0.6 is 11.3 Å². The standard InChI is InChI=1S/C27H22N2O5S/c1-3-34-19-13-14-20-21(15-19)35-27(28-20)29-23(16-7-5-4-6-8-16)22(25(31)26(29)32)24(30)17-9-11-18(33-2)12-10-17/h4-15,23,30H,3H2,1-2H3/t23-/m1/s1. The van der Waals surface area contributed by atoms with Crippen LogP contribution in [0.3, 0.4) is 0 Å². The third-order valence-electron chi connectivity index (χ3n) is 5.79. The molecule has 0 saturated carbocycles. The number of aromatic nitrogens is 1. The van der Waals surface area contributed by atoms with Crippen molar-refractivity contribution in [3.05, 3.63) is 89.5 Å². The fourth-order valence-electron chi connectivity index (χ4n) is 4.14. The first-order valence-corrected chi connectivity index (χ1v) is 11.9. The molecule has 7 nitrogen and oxygen atoms in total. The molecule has 0 radical (unpaired) electrons. The number of carbonyl (C=O) groups is 2. The van der Waals surface area contributed by atoms with Crippen LogP contribution in [0.15, 0.2) is 78.4 Å². The third-order valence-corrected chi connectivity index (χ3v) is 6.81. The maximum atomic E-state index is 13.3. The molecule has 1 atom stereocenters. The topological polar surface area (TPSA) is 89.0 Å². The number of ketones is 1. The summed E-state index contributed by atoms with van der Waals surface area (Å²) in [6.07, 6.45) is 0. The van der Waals surface area contributed by atoms with E-state index in [1.54, 1.807) is 31.4 Å². The Morgan fingerprint density at radius 1 is 1.03 bits per heavy atom. The highest BCUT2D eigenvalue weighted by Crippen LogP contribution is 2.44. The minimum Gasteiger partial charge on any atom is -0.507 e. The lowest BCUT2D eigenvalue weighted by Gasteiger charge is -2.22. The van der Waals surface area contributed by atoms with Crippen LogP contribution in [0, 0.1) is 0 Å². The van der Waals surface area contributed by atoms with Crippen LogP contribution in [0.4, 0.5) is 5.13 Å². The molecule has 1 N–H and O–H groups in total. The Bertz CT molecular complexity index is 1440. The van der Waals surface area contributed by atoms with Gasteiger partial charge < -0.3 is 14.6 Å². The molecule has 0 spiro atoms. The molecule has 1 aliphatic rings. The largest absolute Gasteiger partial charge is 0.507 e. The number of hydrogen-bond donors (Lipinski definition) is 1. The monoisotopic (exact) mass is 486 g/mol. The van der Waals surface area contributed by atoms with Crippen LogP contribution in [0.5, 0.6) is 11.5 Å². The lowest BCUT2D eigenvalue weighted by Crippen LogP contribution is -2.29. The maximum Gasteiger partial charge on any atom is 0.301 e. The highest BCUT2D eigenvalue weighted by molar-refractivity contribution is 7.22. The Labute approximate surface area is 205 Å². The average Bonchev–Trinajstić information content (AvgIpc) is 3.42. The van der Waals surface area contributed by atoms with Gasteiger partial charge in [0.2, 0.25) is 0 Å². The van der Waals surface area contributed by atoms with Gasteiger partial charge in [-0.25, -0.2) is 4.98 Å². The van der Waals surface area contributed by atoms with Crippen molar-refractivity contribution in [1.82, 2.24) is 4.98 Å². The summed E-state index contributed by atoms with van der Waals surface area (Å²) in [5.74, 6) is -0.430. The molecule has 0 bridgehead atoms. The molecular formula is C27H22N2O5S. The van der Waals surface area contributed by atoms with E-state index < -0.39 is 17.7 Å². The highest BCUT2D eigenvalue weighted by atomic mass is 32.1. The fourth-order valence-corrected chi connectivity index (χ4v) is 5.16. The zero-order valence-corrected chi connectivity index (χ0v) is 19.9. The first kappa shape index (κ1) is 22.6. The van der Waals surface area contributed by atoms with E-state index in [4.69, 9.17) is 9.47 Å². The number of carbonyl (C=O) groups excluding carboxylic acids is 2. The Balaban J connectivity index is 1.66. The van der Waals surface area contributed by atoms with Crippen molar-refractivity contribution in [2.45, 2.75) is 13.0 Å². The molecule has 1 saturated heterocycles. The molecule has 4 aromatic rings. The van der Waals surface area contributed by atoms with Crippen molar-refractivity contribution in [3.63, 3.8) is 0 Å². The van der Waals surface area contributed by atoms with Gasteiger partial charge in [-0.2, -0.15) is 0 Å². The predicted molar refractivity (Wildman–Crippen MR) is 135 cm³/mol. The lowest BCUT2D eigenvalue weighted by molar-refractivity contribution is -0.132. The molecule has 5 rings (SSSR count). The number of rotatable bonds is 6. The van der Waals surface area contributed by atoms with Gasteiger partial charge >= 0.3 is 5.91 Å². The van der Waals surface area contributed by atoms with E-state index in [1.807, 2.05) is 55.5 Å². The van der Waals surface area contributed by atoms with Crippen LogP contribution in [-0.4, -0.2) is 35.5 Å². The zero-order chi connectivity index (χ0) is 24.5. The van der Waals surface area contributed by atoms with Gasteiger partial charge in [0.1, 0.15) is 17.3 Å². The molecule has 2 heterocycles. The van der Waals surface area contributed by atoms with Gasteiger partial charge in [0.25, 0.3) is 5.78 Å². The maximum absolute atomic E-state index is 13.3. The summed E-state index contributed by atoms with van der Waals surface area (Å²) in [6.45, 7) is 2.44. The van der Waals surface area contributed by atoms with Crippen molar-refractivity contribution in [2.75, 3.05) is 18.6 Å². The number of anilines is 1. The van der Waals surface area contributed by atoms with E-state index in [0.717, 1.165) is 4.70 Å². The summed E-state index contributed by atoms with van der Waals surface area (Å²) in [6, 6.07) is 20.5. The van der Waals surface area contributed by atoms with Crippen LogP contribution < -0.4 is 14.4 Å². The molecule has 1 aromatic heterocycles. The van der Waals surface area contributed by atoms with Crippen LogP contribution in [-0.2, 0) is 9.59 Å². The normalized spacial score (nSPS) is 17.2. The molecule has 3 aromatic carbocycles. The minimum atomic E-state index is -0.828. The van der Waals surface area contributed by atoms with Crippen LogP contribution in [0.2, 0.25) is 0 Å². The van der Waals surface area contributed by atoms with E-state index in [-0.39, 0.29) is 11.3 Å². The van der Waals surface area contributed by atoms with Crippen LogP contribution in [0.1, 0.15) is 24.1 Å². The van der Waals surface area contributed by atoms with Gasteiger partial charge in [-0.3, -0.25) is 14.5 Å². The smallest absolute Gasteiger partial charge is 0.301 e. The number of nitrogens with zero attached hydrogens (tertiary/aromatic N) is 2. The van der Waals surface area contributed by atoms with E-state index >= 15 is 0 Å². The van der Waals surface area contributed by atoms with Crippen molar-refractivity contribution < 1.29 is 24.2 Å². The summed E-state index contributed by atoms with van der Waals surface area (Å²) in [5.41, 5.74) is 1.81. The second-order valence-electron chi connectivity index (χ2n) is 7.87. The molecule has 0 unspecified atom stereocenters. The summed E-state index contributed by atoms with van der Waals surface area (Å²) in [4.78, 5) is 32.6. The quantitative estimate of drug-likeness (QED) is 0.225. The van der Waals surface area contributed by atoms with Crippen molar-refractivity contribution >= 4 is 44.1 Å². The van der Waals surface area contributed by atoms with Crippen molar-refractivity contribution in [2.24, 2.45) is 0 Å². The van der Waals surface area contributed by atoms with Crippen LogP contribution in [0.25, 0.3) is 16.0 Å². The summed E-state index contributed by atoms with van der Waals surface area (Å²) < 4.78 is 11.6. The first-order chi connectivity index (χ1) is 17.0. The number of aliphatic hydroxyl groups excluding tert-OH is 1. The fraction of sp³-hybridized carbons (Fsp3) is 0.148. The van der Waals surface area contributed by atoms with Gasteiger partial charge in [-0.05, 0) is 55.0 Å². The highest BCUT2D eigenvalue weighted by Gasteiger charge is 2.48. The average molecular weight is 487 g/mol. The van der Waals surface area contributed by atoms with Crippen molar-refractivity contribution in [1.29, 1.82) is 0 Å². The molecule has 35 heavy (non-hydrogen) atoms. The summed E-state index contributed by atoms with van der Waals surface area (Å²) >= 11 is 1.29. The third kappa shape index (κ3) is 4.02.